The molecule has 0 radical (unpaired) electrons. The van der Waals surface area contributed by atoms with Crippen LogP contribution in [-0.2, 0) is 4.79 Å². The molecule has 1 unspecified atom stereocenters. The predicted molar refractivity (Wildman–Crippen MR) is 46.6 cm³/mol. The van der Waals surface area contributed by atoms with E-state index in [1.807, 2.05) is 23.8 Å². The highest BCUT2D eigenvalue weighted by molar-refractivity contribution is 7.07. The summed E-state index contributed by atoms with van der Waals surface area (Å²) in [6.07, 6.45) is 0. The Kier molecular flexibility index (Phi) is 2.65. The smallest absolute Gasteiger partial charge is 0.217 e. The normalized spacial score (nSPS) is 12.5. The van der Waals surface area contributed by atoms with Gasteiger partial charge in [0, 0.05) is 6.92 Å². The van der Waals surface area contributed by atoms with E-state index in [9.17, 15) is 4.79 Å². The van der Waals surface area contributed by atoms with Gasteiger partial charge in [0.25, 0.3) is 0 Å². The van der Waals surface area contributed by atoms with Gasteiger partial charge in [-0.2, -0.15) is 11.3 Å². The Morgan fingerprint density at radius 1 is 1.73 bits per heavy atom. The van der Waals surface area contributed by atoms with Crippen molar-refractivity contribution in [1.29, 1.82) is 0 Å². The lowest BCUT2D eigenvalue weighted by atomic mass is 10.2. The van der Waals surface area contributed by atoms with Crippen molar-refractivity contribution >= 4 is 17.2 Å². The highest BCUT2D eigenvalue weighted by Gasteiger charge is 2.05. The van der Waals surface area contributed by atoms with Crippen molar-refractivity contribution in [3.63, 3.8) is 0 Å². The molecule has 2 nitrogen and oxygen atoms in total. The van der Waals surface area contributed by atoms with Crippen molar-refractivity contribution in [1.82, 2.24) is 5.32 Å². The average molecular weight is 169 g/mol. The highest BCUT2D eigenvalue weighted by atomic mass is 32.1. The van der Waals surface area contributed by atoms with Gasteiger partial charge >= 0.3 is 0 Å². The summed E-state index contributed by atoms with van der Waals surface area (Å²) < 4.78 is 0. The SMILES string of the molecule is CC(=O)NC(C)c1ccsc1. The van der Waals surface area contributed by atoms with Gasteiger partial charge in [-0.25, -0.2) is 0 Å². The van der Waals surface area contributed by atoms with Gasteiger partial charge in [-0.1, -0.05) is 0 Å². The monoisotopic (exact) mass is 169 g/mol. The van der Waals surface area contributed by atoms with Gasteiger partial charge in [0.1, 0.15) is 0 Å². The first kappa shape index (κ1) is 8.27. The lowest BCUT2D eigenvalue weighted by molar-refractivity contribution is -0.119. The molecular formula is C8H11NOS. The largest absolute Gasteiger partial charge is 0.350 e. The molecule has 0 spiro atoms. The molecule has 0 aromatic carbocycles. The third-order valence-electron chi connectivity index (χ3n) is 1.46. The first-order valence-electron chi connectivity index (χ1n) is 3.49. The van der Waals surface area contributed by atoms with Gasteiger partial charge in [0.2, 0.25) is 5.91 Å². The number of hydrogen-bond donors (Lipinski definition) is 1. The lowest BCUT2D eigenvalue weighted by Gasteiger charge is -2.09. The topological polar surface area (TPSA) is 29.1 Å². The zero-order chi connectivity index (χ0) is 8.27. The van der Waals surface area contributed by atoms with Crippen LogP contribution >= 0.6 is 11.3 Å². The van der Waals surface area contributed by atoms with Gasteiger partial charge in [-0.3, -0.25) is 4.79 Å². The second-order valence-electron chi connectivity index (χ2n) is 2.48. The number of carbonyl (C=O) groups excluding carboxylic acids is 1. The Morgan fingerprint density at radius 2 is 2.45 bits per heavy atom. The Balaban J connectivity index is 2.56. The van der Waals surface area contributed by atoms with Crippen LogP contribution in [0.4, 0.5) is 0 Å². The standard InChI is InChI=1S/C8H11NOS/c1-6(9-7(2)10)8-3-4-11-5-8/h3-6H,1-2H3,(H,9,10). The maximum Gasteiger partial charge on any atom is 0.217 e. The van der Waals surface area contributed by atoms with E-state index in [0.717, 1.165) is 0 Å². The fourth-order valence-corrected chi connectivity index (χ4v) is 1.66. The Bertz CT molecular complexity index is 230. The summed E-state index contributed by atoms with van der Waals surface area (Å²) in [7, 11) is 0. The van der Waals surface area contributed by atoms with E-state index in [1.54, 1.807) is 11.3 Å². The van der Waals surface area contributed by atoms with Crippen molar-refractivity contribution in [2.45, 2.75) is 19.9 Å². The van der Waals surface area contributed by atoms with E-state index in [0.29, 0.717) is 0 Å². The molecule has 1 aromatic heterocycles. The number of hydrogen-bond acceptors (Lipinski definition) is 2. The second kappa shape index (κ2) is 3.53. The minimum absolute atomic E-state index is 0.0173. The Morgan fingerprint density at radius 3 is 2.91 bits per heavy atom. The molecule has 3 heteroatoms. The third-order valence-corrected chi connectivity index (χ3v) is 2.16. The zero-order valence-electron chi connectivity index (χ0n) is 6.63. The van der Waals surface area contributed by atoms with Crippen molar-refractivity contribution in [3.8, 4) is 0 Å². The molecule has 1 N–H and O–H groups in total. The fourth-order valence-electron chi connectivity index (χ4n) is 0.910. The van der Waals surface area contributed by atoms with Crippen molar-refractivity contribution < 1.29 is 4.79 Å². The van der Waals surface area contributed by atoms with Gasteiger partial charge in [-0.05, 0) is 29.3 Å². The number of thiophene rings is 1. The quantitative estimate of drug-likeness (QED) is 0.720. The van der Waals surface area contributed by atoms with E-state index in [-0.39, 0.29) is 11.9 Å². The molecule has 0 aliphatic heterocycles. The van der Waals surface area contributed by atoms with Crippen LogP contribution in [0.1, 0.15) is 25.5 Å². The number of amides is 1. The zero-order valence-corrected chi connectivity index (χ0v) is 7.44. The summed E-state index contributed by atoms with van der Waals surface area (Å²) in [6.45, 7) is 3.51. The molecule has 0 saturated heterocycles. The molecule has 0 bridgehead atoms. The molecule has 0 aliphatic rings. The van der Waals surface area contributed by atoms with Crippen LogP contribution in [-0.4, -0.2) is 5.91 Å². The average Bonchev–Trinajstić information content (AvgIpc) is 2.35. The number of carbonyl (C=O) groups is 1. The maximum atomic E-state index is 10.6. The molecule has 1 amide bonds. The van der Waals surface area contributed by atoms with Crippen molar-refractivity contribution in [3.05, 3.63) is 22.4 Å². The van der Waals surface area contributed by atoms with Crippen molar-refractivity contribution in [2.24, 2.45) is 0 Å². The summed E-state index contributed by atoms with van der Waals surface area (Å²) >= 11 is 1.64. The van der Waals surface area contributed by atoms with Crippen LogP contribution in [0.15, 0.2) is 16.8 Å². The molecule has 0 saturated carbocycles. The van der Waals surface area contributed by atoms with Crippen LogP contribution in [0.3, 0.4) is 0 Å². The molecule has 11 heavy (non-hydrogen) atoms. The van der Waals surface area contributed by atoms with Crippen LogP contribution in [0.2, 0.25) is 0 Å². The summed E-state index contributed by atoms with van der Waals surface area (Å²) in [5.41, 5.74) is 1.17. The van der Waals surface area contributed by atoms with Gasteiger partial charge in [0.05, 0.1) is 6.04 Å². The summed E-state index contributed by atoms with van der Waals surface area (Å²) in [6, 6.07) is 2.16. The lowest BCUT2D eigenvalue weighted by Crippen LogP contribution is -2.23. The van der Waals surface area contributed by atoms with Crippen LogP contribution < -0.4 is 5.32 Å². The molecule has 1 atom stereocenters. The number of nitrogens with one attached hydrogen (secondary N) is 1. The van der Waals surface area contributed by atoms with E-state index in [2.05, 4.69) is 5.32 Å². The van der Waals surface area contributed by atoms with E-state index >= 15 is 0 Å². The van der Waals surface area contributed by atoms with E-state index in [1.165, 1.54) is 12.5 Å². The predicted octanol–water partition coefficient (Wildman–Crippen LogP) is 1.95. The molecular weight excluding hydrogens is 158 g/mol. The highest BCUT2D eigenvalue weighted by Crippen LogP contribution is 2.14. The summed E-state index contributed by atoms with van der Waals surface area (Å²) in [5, 5.41) is 6.86. The fraction of sp³-hybridized carbons (Fsp3) is 0.375. The van der Waals surface area contributed by atoms with Crippen molar-refractivity contribution in [2.75, 3.05) is 0 Å². The molecule has 1 rings (SSSR count). The molecule has 0 aliphatic carbocycles. The van der Waals surface area contributed by atoms with E-state index < -0.39 is 0 Å². The van der Waals surface area contributed by atoms with Crippen LogP contribution in [0, 0.1) is 0 Å². The van der Waals surface area contributed by atoms with Gasteiger partial charge < -0.3 is 5.32 Å². The Labute approximate surface area is 70.2 Å². The first-order valence-corrected chi connectivity index (χ1v) is 4.43. The van der Waals surface area contributed by atoms with Gasteiger partial charge in [-0.15, -0.1) is 0 Å². The van der Waals surface area contributed by atoms with Crippen LogP contribution in [0.25, 0.3) is 0 Å². The minimum atomic E-state index is 0.0173. The van der Waals surface area contributed by atoms with E-state index in [4.69, 9.17) is 0 Å². The Hall–Kier alpha value is -0.830. The van der Waals surface area contributed by atoms with Gasteiger partial charge in [0.15, 0.2) is 0 Å². The van der Waals surface area contributed by atoms with Crippen LogP contribution in [0.5, 0.6) is 0 Å². The molecule has 1 heterocycles. The maximum absolute atomic E-state index is 10.6. The third kappa shape index (κ3) is 2.35. The summed E-state index contributed by atoms with van der Waals surface area (Å²) in [4.78, 5) is 10.6. The molecule has 1 aromatic rings. The molecule has 0 fully saturated rings. The minimum Gasteiger partial charge on any atom is -0.350 e. The second-order valence-corrected chi connectivity index (χ2v) is 3.26. The molecule has 60 valence electrons. The summed E-state index contributed by atoms with van der Waals surface area (Å²) in [5.74, 6) is 0.0173. The number of rotatable bonds is 2. The first-order chi connectivity index (χ1) is 5.20.